The lowest BCUT2D eigenvalue weighted by Gasteiger charge is -2.51. The predicted octanol–water partition coefficient (Wildman–Crippen LogP) is 1.27. The van der Waals surface area contributed by atoms with Crippen molar-refractivity contribution in [1.29, 1.82) is 5.41 Å². The van der Waals surface area contributed by atoms with Crippen molar-refractivity contribution >= 4 is 23.2 Å². The SMILES string of the molecule is CN(C)[C@@H]1C(O)=C(C(N)=O)C(=N)[C@@]2(O)C(=O)C3=C(O)c4c(O)cc(CN5CCOCC5)c(C(F)(F)F)c4C[C@H]3C[C@@H]12. The maximum absolute atomic E-state index is 14.6. The summed E-state index contributed by atoms with van der Waals surface area (Å²) in [4.78, 5) is 29.2. The second kappa shape index (κ2) is 9.82. The highest BCUT2D eigenvalue weighted by Gasteiger charge is 2.63. The number of carbonyl (C=O) groups is 2. The zero-order valence-corrected chi connectivity index (χ0v) is 22.4. The van der Waals surface area contributed by atoms with Gasteiger partial charge in [-0.3, -0.25) is 19.4 Å². The van der Waals surface area contributed by atoms with E-state index in [0.29, 0.717) is 26.3 Å². The molecule has 0 bridgehead atoms. The van der Waals surface area contributed by atoms with Gasteiger partial charge in [0.05, 0.1) is 36.1 Å². The van der Waals surface area contributed by atoms with Crippen LogP contribution in [0, 0.1) is 17.2 Å². The smallest absolute Gasteiger partial charge is 0.417 e. The molecule has 0 aromatic heterocycles. The molecule has 7 N–H and O–H groups in total. The van der Waals surface area contributed by atoms with Crippen LogP contribution in [-0.4, -0.2) is 99.7 Å². The zero-order chi connectivity index (χ0) is 30.2. The Bertz CT molecular complexity index is 1410. The van der Waals surface area contributed by atoms with Gasteiger partial charge < -0.3 is 36.3 Å². The van der Waals surface area contributed by atoms with Gasteiger partial charge in [0.25, 0.3) is 5.91 Å². The molecule has 11 nitrogen and oxygen atoms in total. The van der Waals surface area contributed by atoms with Crippen molar-refractivity contribution in [3.05, 3.63) is 45.2 Å². The van der Waals surface area contributed by atoms with E-state index in [1.54, 1.807) is 4.90 Å². The van der Waals surface area contributed by atoms with Crippen LogP contribution < -0.4 is 5.73 Å². The van der Waals surface area contributed by atoms with Gasteiger partial charge in [-0.15, -0.1) is 0 Å². The number of carbonyl (C=O) groups excluding carboxylic acids is 2. The van der Waals surface area contributed by atoms with Crippen LogP contribution in [0.25, 0.3) is 5.76 Å². The van der Waals surface area contributed by atoms with Crippen molar-refractivity contribution in [2.45, 2.75) is 37.2 Å². The van der Waals surface area contributed by atoms with Crippen LogP contribution in [0.3, 0.4) is 0 Å². The fourth-order valence-corrected chi connectivity index (χ4v) is 6.92. The molecular weight excluding hydrogens is 549 g/mol. The Labute approximate surface area is 232 Å². The van der Waals surface area contributed by atoms with Gasteiger partial charge in [-0.25, -0.2) is 0 Å². The van der Waals surface area contributed by atoms with E-state index in [1.165, 1.54) is 19.0 Å². The number of phenols is 1. The quantitative estimate of drug-likeness (QED) is 0.306. The molecule has 1 aromatic carbocycles. The monoisotopic (exact) mass is 580 g/mol. The second-order valence-electron chi connectivity index (χ2n) is 11.2. The summed E-state index contributed by atoms with van der Waals surface area (Å²) >= 11 is 0. The minimum absolute atomic E-state index is 0.128. The number of nitrogens with one attached hydrogen (secondary N) is 1. The molecule has 1 aromatic rings. The van der Waals surface area contributed by atoms with Crippen molar-refractivity contribution in [1.82, 2.24) is 9.80 Å². The Kier molecular flexibility index (Phi) is 6.96. The molecule has 0 radical (unpaired) electrons. The molecule has 1 saturated carbocycles. The molecular formula is C27H31F3N4O7. The average Bonchev–Trinajstić information content (AvgIpc) is 2.85. The maximum atomic E-state index is 14.6. The summed E-state index contributed by atoms with van der Waals surface area (Å²) in [6.45, 7) is 1.35. The molecule has 1 aliphatic heterocycles. The normalized spacial score (nSPS) is 29.0. The summed E-state index contributed by atoms with van der Waals surface area (Å²) in [5.41, 5.74) is -1.67. The number of likely N-dealkylation sites (N-methyl/N-ethyl adjacent to an activating group) is 1. The van der Waals surface area contributed by atoms with E-state index in [4.69, 9.17) is 15.9 Å². The number of alkyl halides is 3. The number of primary amides is 1. The largest absolute Gasteiger partial charge is 0.510 e. The lowest BCUT2D eigenvalue weighted by atomic mass is 9.56. The number of aliphatic hydroxyl groups excluding tert-OH is 2. The molecule has 4 atom stereocenters. The minimum atomic E-state index is -4.87. The van der Waals surface area contributed by atoms with Crippen LogP contribution in [0.2, 0.25) is 0 Å². The number of nitrogens with two attached hydrogens (primary N) is 1. The summed E-state index contributed by atoms with van der Waals surface area (Å²) < 4.78 is 49.1. The number of hydrogen-bond donors (Lipinski definition) is 6. The average molecular weight is 581 g/mol. The minimum Gasteiger partial charge on any atom is -0.510 e. The van der Waals surface area contributed by atoms with E-state index in [2.05, 4.69) is 0 Å². The first kappa shape index (κ1) is 29.0. The number of fused-ring (bicyclic) bond motifs is 3. The molecule has 5 rings (SSSR count). The number of amides is 1. The Morgan fingerprint density at radius 2 is 1.88 bits per heavy atom. The summed E-state index contributed by atoms with van der Waals surface area (Å²) in [6.07, 6.45) is -5.51. The topological polar surface area (TPSA) is 181 Å². The van der Waals surface area contributed by atoms with Gasteiger partial charge in [0.2, 0.25) is 5.78 Å². The number of benzene rings is 1. The third-order valence-electron chi connectivity index (χ3n) is 8.64. The number of rotatable bonds is 4. The lowest BCUT2D eigenvalue weighted by molar-refractivity contribution is -0.139. The van der Waals surface area contributed by atoms with Gasteiger partial charge in [-0.1, -0.05) is 0 Å². The molecule has 41 heavy (non-hydrogen) atoms. The van der Waals surface area contributed by atoms with Crippen molar-refractivity contribution < 1.29 is 47.9 Å². The van der Waals surface area contributed by atoms with Crippen LogP contribution in [0.1, 0.15) is 28.7 Å². The van der Waals surface area contributed by atoms with Crippen molar-refractivity contribution in [3.63, 3.8) is 0 Å². The van der Waals surface area contributed by atoms with E-state index < -0.39 is 93.0 Å². The molecule has 222 valence electrons. The lowest BCUT2D eigenvalue weighted by Crippen LogP contribution is -2.67. The van der Waals surface area contributed by atoms with Gasteiger partial charge in [-0.2, -0.15) is 13.2 Å². The zero-order valence-electron chi connectivity index (χ0n) is 22.4. The predicted molar refractivity (Wildman–Crippen MR) is 138 cm³/mol. The fourth-order valence-electron chi connectivity index (χ4n) is 6.92. The molecule has 2 fully saturated rings. The number of aliphatic hydroxyl groups is 3. The van der Waals surface area contributed by atoms with Crippen LogP contribution in [0.4, 0.5) is 13.2 Å². The summed E-state index contributed by atoms with van der Waals surface area (Å²) in [7, 11) is 2.99. The molecule has 14 heteroatoms. The Hall–Kier alpha value is -3.46. The molecule has 0 unspecified atom stereocenters. The second-order valence-corrected chi connectivity index (χ2v) is 11.2. The molecule has 4 aliphatic rings. The number of ether oxygens (including phenoxy) is 1. The first-order valence-corrected chi connectivity index (χ1v) is 13.0. The van der Waals surface area contributed by atoms with Gasteiger partial charge in [-0.05, 0) is 50.0 Å². The van der Waals surface area contributed by atoms with Gasteiger partial charge >= 0.3 is 6.18 Å². The van der Waals surface area contributed by atoms with Gasteiger partial charge in [0.1, 0.15) is 22.8 Å². The number of hydrogen-bond acceptors (Lipinski definition) is 10. The number of morpholine rings is 1. The van der Waals surface area contributed by atoms with Gasteiger partial charge in [0.15, 0.2) is 5.60 Å². The highest BCUT2D eigenvalue weighted by Crippen LogP contribution is 2.54. The van der Waals surface area contributed by atoms with Crippen LogP contribution in [-0.2, 0) is 33.5 Å². The van der Waals surface area contributed by atoms with E-state index in [-0.39, 0.29) is 24.1 Å². The Morgan fingerprint density at radius 1 is 1.24 bits per heavy atom. The highest BCUT2D eigenvalue weighted by atomic mass is 19.4. The summed E-state index contributed by atoms with van der Waals surface area (Å²) in [5, 5.41) is 53.2. The van der Waals surface area contributed by atoms with Crippen molar-refractivity contribution in [2.75, 3.05) is 40.4 Å². The Morgan fingerprint density at radius 3 is 2.44 bits per heavy atom. The number of Topliss-reactive ketones (excluding diaryl/α,β-unsaturated/α-hetero) is 1. The fraction of sp³-hybridized carbons (Fsp3) is 0.519. The molecule has 1 heterocycles. The summed E-state index contributed by atoms with van der Waals surface area (Å²) in [5.74, 6) is -7.00. The van der Waals surface area contributed by atoms with Crippen molar-refractivity contribution in [3.8, 4) is 5.75 Å². The summed E-state index contributed by atoms with van der Waals surface area (Å²) in [6, 6.07) is -0.260. The number of phenolic OH excluding ortho intramolecular Hbond substituents is 1. The Balaban J connectivity index is 1.69. The standard InChI is InChI=1S/C27H31F3N4O7/c1-33(2)20-14-8-11-7-13-17(15(35)9-12(19(13)27(28,29)30)10-34-3-5-41-6-4-34)21(36)16(11)24(38)26(14,40)23(31)18(22(20)37)25(32)39/h9,11,14,20,31,35-37,40H,3-8,10H2,1-2H3,(H2,32,39)/t11-,14-,20-,26+/m0/s1. The number of ketones is 1. The highest BCUT2D eigenvalue weighted by molar-refractivity contribution is 6.33. The number of halogens is 3. The molecule has 3 aliphatic carbocycles. The van der Waals surface area contributed by atoms with Crippen LogP contribution in [0.15, 0.2) is 23.0 Å². The molecule has 0 spiro atoms. The molecule has 1 amide bonds. The number of aromatic hydroxyl groups is 1. The maximum Gasteiger partial charge on any atom is 0.417 e. The molecule has 1 saturated heterocycles. The first-order chi connectivity index (χ1) is 19.1. The first-order valence-electron chi connectivity index (χ1n) is 13.0. The third kappa shape index (κ3) is 4.31. The van der Waals surface area contributed by atoms with Crippen LogP contribution >= 0.6 is 0 Å². The van der Waals surface area contributed by atoms with Gasteiger partial charge in [0, 0.05) is 31.1 Å². The van der Waals surface area contributed by atoms with E-state index in [0.717, 1.165) is 6.07 Å². The number of nitrogens with zero attached hydrogens (tertiary/aromatic N) is 2. The van der Waals surface area contributed by atoms with E-state index >= 15 is 0 Å². The van der Waals surface area contributed by atoms with E-state index in [1.807, 2.05) is 0 Å². The van der Waals surface area contributed by atoms with E-state index in [9.17, 15) is 43.2 Å². The van der Waals surface area contributed by atoms with Crippen LogP contribution in [0.5, 0.6) is 5.75 Å². The van der Waals surface area contributed by atoms with Crippen molar-refractivity contribution in [2.24, 2.45) is 17.6 Å². The third-order valence-corrected chi connectivity index (χ3v) is 8.64.